The Hall–Kier alpha value is -0.870. The molecule has 0 spiro atoms. The second kappa shape index (κ2) is 5.49. The van der Waals surface area contributed by atoms with Crippen molar-refractivity contribution in [1.82, 2.24) is 10.2 Å². The fraction of sp³-hybridized carbons (Fsp3) is 0.688. The number of carbonyl (C=O) groups excluding carboxylic acids is 1. The average Bonchev–Trinajstić information content (AvgIpc) is 2.92. The molecule has 1 aliphatic carbocycles. The highest BCUT2D eigenvalue weighted by molar-refractivity contribution is 7.07. The molecule has 1 N–H and O–H groups in total. The van der Waals surface area contributed by atoms with Gasteiger partial charge in [0.2, 0.25) is 5.91 Å². The summed E-state index contributed by atoms with van der Waals surface area (Å²) in [6.45, 7) is 6.47. The van der Waals surface area contributed by atoms with Crippen LogP contribution in [0.1, 0.15) is 51.8 Å². The first-order valence-corrected chi connectivity index (χ1v) is 8.64. The predicted octanol–water partition coefficient (Wildman–Crippen LogP) is 3.39. The number of nitrogens with one attached hydrogen (secondary N) is 1. The molecular formula is C16H24N2OS. The lowest BCUT2D eigenvalue weighted by Gasteiger charge is -2.39. The van der Waals surface area contributed by atoms with Gasteiger partial charge < -0.3 is 4.90 Å². The van der Waals surface area contributed by atoms with Gasteiger partial charge in [0.15, 0.2) is 0 Å². The number of carbonyl (C=O) groups is 1. The first-order chi connectivity index (χ1) is 9.59. The van der Waals surface area contributed by atoms with E-state index in [9.17, 15) is 4.79 Å². The van der Waals surface area contributed by atoms with Crippen LogP contribution in [0.15, 0.2) is 16.8 Å². The molecule has 2 heterocycles. The number of rotatable bonds is 4. The van der Waals surface area contributed by atoms with Crippen molar-refractivity contribution in [2.75, 3.05) is 0 Å². The fourth-order valence-electron chi connectivity index (χ4n) is 3.36. The number of nitrogens with zero attached hydrogens (tertiary/aromatic N) is 1. The van der Waals surface area contributed by atoms with Crippen molar-refractivity contribution in [1.29, 1.82) is 0 Å². The highest BCUT2D eigenvalue weighted by Gasteiger charge is 2.45. The first-order valence-electron chi connectivity index (χ1n) is 7.70. The maximum absolute atomic E-state index is 12.8. The summed E-state index contributed by atoms with van der Waals surface area (Å²) in [6, 6.07) is 2.44. The van der Waals surface area contributed by atoms with Gasteiger partial charge in [0.05, 0.1) is 6.04 Å². The van der Waals surface area contributed by atoms with E-state index in [2.05, 4.69) is 47.8 Å². The maximum atomic E-state index is 12.8. The van der Waals surface area contributed by atoms with E-state index in [0.29, 0.717) is 17.9 Å². The molecule has 1 amide bonds. The van der Waals surface area contributed by atoms with Crippen LogP contribution in [-0.2, 0) is 4.79 Å². The van der Waals surface area contributed by atoms with Gasteiger partial charge in [-0.15, -0.1) is 0 Å². The number of thiophene rings is 1. The minimum Gasteiger partial charge on any atom is -0.319 e. The lowest BCUT2D eigenvalue weighted by Crippen LogP contribution is -2.45. The van der Waals surface area contributed by atoms with Gasteiger partial charge in [-0.25, -0.2) is 0 Å². The average molecular weight is 292 g/mol. The highest BCUT2D eigenvalue weighted by Crippen LogP contribution is 2.38. The van der Waals surface area contributed by atoms with Crippen molar-refractivity contribution in [2.24, 2.45) is 11.8 Å². The molecule has 20 heavy (non-hydrogen) atoms. The molecule has 1 aromatic heterocycles. The normalized spacial score (nSPS) is 29.0. The van der Waals surface area contributed by atoms with Gasteiger partial charge in [-0.3, -0.25) is 10.1 Å². The Morgan fingerprint density at radius 2 is 2.10 bits per heavy atom. The predicted molar refractivity (Wildman–Crippen MR) is 82.5 cm³/mol. The van der Waals surface area contributed by atoms with Crippen molar-refractivity contribution in [3.8, 4) is 0 Å². The lowest BCUT2D eigenvalue weighted by molar-refractivity contribution is -0.134. The van der Waals surface area contributed by atoms with E-state index in [-0.39, 0.29) is 18.1 Å². The van der Waals surface area contributed by atoms with Crippen molar-refractivity contribution in [2.45, 2.75) is 58.3 Å². The van der Waals surface area contributed by atoms with Crippen molar-refractivity contribution in [3.63, 3.8) is 0 Å². The van der Waals surface area contributed by atoms with Gasteiger partial charge in [-0.05, 0) is 54.0 Å². The summed E-state index contributed by atoms with van der Waals surface area (Å²) in [7, 11) is 0. The molecule has 3 nitrogen and oxygen atoms in total. The molecule has 1 aliphatic heterocycles. The minimum atomic E-state index is -0.0394. The third kappa shape index (κ3) is 2.29. The van der Waals surface area contributed by atoms with Gasteiger partial charge in [0.25, 0.3) is 0 Å². The minimum absolute atomic E-state index is 0.0394. The third-order valence-electron chi connectivity index (χ3n) is 4.93. The lowest BCUT2D eigenvalue weighted by atomic mass is 9.79. The van der Waals surface area contributed by atoms with E-state index >= 15 is 0 Å². The van der Waals surface area contributed by atoms with Gasteiger partial charge in [0.1, 0.15) is 6.17 Å². The van der Waals surface area contributed by atoms with Crippen LogP contribution in [0, 0.1) is 11.8 Å². The van der Waals surface area contributed by atoms with Crippen LogP contribution in [0.25, 0.3) is 0 Å². The van der Waals surface area contributed by atoms with Gasteiger partial charge >= 0.3 is 0 Å². The molecule has 3 atom stereocenters. The molecule has 3 unspecified atom stereocenters. The van der Waals surface area contributed by atoms with Crippen LogP contribution in [0.5, 0.6) is 0 Å². The first kappa shape index (κ1) is 14.1. The fourth-order valence-corrected chi connectivity index (χ4v) is 4.04. The maximum Gasteiger partial charge on any atom is 0.241 e. The molecule has 1 saturated carbocycles. The molecule has 2 fully saturated rings. The van der Waals surface area contributed by atoms with Crippen LogP contribution >= 0.6 is 11.3 Å². The van der Waals surface area contributed by atoms with E-state index in [1.165, 1.54) is 24.8 Å². The zero-order valence-corrected chi connectivity index (χ0v) is 13.3. The SMILES string of the molecule is CC(C)C1NC(c2ccsc2)N(C(C)C2CCC2)C1=O. The smallest absolute Gasteiger partial charge is 0.241 e. The zero-order chi connectivity index (χ0) is 14.3. The Balaban J connectivity index is 1.87. The van der Waals surface area contributed by atoms with E-state index in [0.717, 1.165) is 0 Å². The molecule has 3 rings (SSSR count). The Morgan fingerprint density at radius 3 is 2.60 bits per heavy atom. The zero-order valence-electron chi connectivity index (χ0n) is 12.5. The largest absolute Gasteiger partial charge is 0.319 e. The number of hydrogen-bond acceptors (Lipinski definition) is 3. The van der Waals surface area contributed by atoms with Crippen LogP contribution < -0.4 is 5.32 Å². The summed E-state index contributed by atoms with van der Waals surface area (Å²) in [5.41, 5.74) is 1.23. The van der Waals surface area contributed by atoms with Crippen LogP contribution in [-0.4, -0.2) is 22.9 Å². The molecule has 0 bridgehead atoms. The van der Waals surface area contributed by atoms with E-state index in [1.54, 1.807) is 11.3 Å². The molecule has 0 aromatic carbocycles. The number of hydrogen-bond donors (Lipinski definition) is 1. The van der Waals surface area contributed by atoms with E-state index < -0.39 is 0 Å². The Bertz CT molecular complexity index is 467. The molecule has 110 valence electrons. The van der Waals surface area contributed by atoms with Gasteiger partial charge in [-0.2, -0.15) is 11.3 Å². The molecular weight excluding hydrogens is 268 g/mol. The topological polar surface area (TPSA) is 32.3 Å². The van der Waals surface area contributed by atoms with Gasteiger partial charge in [0, 0.05) is 6.04 Å². The summed E-state index contributed by atoms with van der Waals surface area (Å²) in [5.74, 6) is 1.31. The van der Waals surface area contributed by atoms with Crippen molar-refractivity contribution >= 4 is 17.2 Å². The van der Waals surface area contributed by atoms with E-state index in [4.69, 9.17) is 0 Å². The summed E-state index contributed by atoms with van der Waals surface area (Å²) in [6.07, 6.45) is 3.93. The van der Waals surface area contributed by atoms with Crippen molar-refractivity contribution in [3.05, 3.63) is 22.4 Å². The highest BCUT2D eigenvalue weighted by atomic mass is 32.1. The van der Waals surface area contributed by atoms with E-state index in [1.807, 2.05) is 0 Å². The standard InChI is InChI=1S/C16H24N2OS/c1-10(2)14-16(19)18(11(3)12-5-4-6-12)15(17-14)13-7-8-20-9-13/h7-12,14-15,17H,4-6H2,1-3H3. The second-order valence-corrected chi connectivity index (χ2v) is 7.30. The molecule has 2 aliphatic rings. The van der Waals surface area contributed by atoms with Crippen LogP contribution in [0.3, 0.4) is 0 Å². The Labute approximate surface area is 125 Å². The summed E-state index contributed by atoms with van der Waals surface area (Å²) in [4.78, 5) is 14.9. The summed E-state index contributed by atoms with van der Waals surface area (Å²) in [5, 5.41) is 7.81. The molecule has 4 heteroatoms. The summed E-state index contributed by atoms with van der Waals surface area (Å²) >= 11 is 1.70. The Morgan fingerprint density at radius 1 is 1.35 bits per heavy atom. The second-order valence-electron chi connectivity index (χ2n) is 6.52. The molecule has 1 aromatic rings. The molecule has 1 saturated heterocycles. The third-order valence-corrected chi connectivity index (χ3v) is 5.63. The molecule has 0 radical (unpaired) electrons. The summed E-state index contributed by atoms with van der Waals surface area (Å²) < 4.78 is 0. The van der Waals surface area contributed by atoms with Crippen molar-refractivity contribution < 1.29 is 4.79 Å². The quantitative estimate of drug-likeness (QED) is 0.922. The monoisotopic (exact) mass is 292 g/mol. The number of amides is 1. The van der Waals surface area contributed by atoms with Crippen LogP contribution in [0.2, 0.25) is 0 Å². The van der Waals surface area contributed by atoms with Crippen LogP contribution in [0.4, 0.5) is 0 Å². The Kier molecular flexibility index (Phi) is 3.87. The van der Waals surface area contributed by atoms with Gasteiger partial charge in [-0.1, -0.05) is 20.3 Å².